The Morgan fingerprint density at radius 1 is 1.21 bits per heavy atom. The fourth-order valence-electron chi connectivity index (χ4n) is 3.46. The molecule has 6 heteroatoms. The van der Waals surface area contributed by atoms with E-state index in [1.807, 2.05) is 12.1 Å². The number of likely N-dealkylation sites (tertiary alicyclic amines) is 1. The van der Waals surface area contributed by atoms with Crippen LogP contribution in [0.25, 0.3) is 0 Å². The van der Waals surface area contributed by atoms with Crippen LogP contribution < -0.4 is 10.6 Å². The summed E-state index contributed by atoms with van der Waals surface area (Å²) in [5.41, 5.74) is 2.51. The van der Waals surface area contributed by atoms with Gasteiger partial charge in [0.15, 0.2) is 5.96 Å². The van der Waals surface area contributed by atoms with Gasteiger partial charge in [-0.1, -0.05) is 38.1 Å². The molecule has 1 fully saturated rings. The number of furan rings is 1. The molecule has 2 aromatic rings. The van der Waals surface area contributed by atoms with E-state index in [2.05, 4.69) is 53.6 Å². The van der Waals surface area contributed by atoms with Gasteiger partial charge in [0.25, 0.3) is 0 Å². The maximum Gasteiger partial charge on any atom is 0.191 e. The summed E-state index contributed by atoms with van der Waals surface area (Å²) in [6, 6.07) is 12.4. The van der Waals surface area contributed by atoms with Crippen molar-refractivity contribution in [3.63, 3.8) is 0 Å². The topological polar surface area (TPSA) is 73.0 Å². The lowest BCUT2D eigenvalue weighted by molar-refractivity contribution is 0.174. The third-order valence-electron chi connectivity index (χ3n) is 5.09. The van der Waals surface area contributed by atoms with E-state index in [9.17, 15) is 5.11 Å². The van der Waals surface area contributed by atoms with Crippen LogP contribution in [0.4, 0.5) is 0 Å². The van der Waals surface area contributed by atoms with Gasteiger partial charge in [0.05, 0.1) is 18.9 Å². The largest absolute Gasteiger partial charge is 0.469 e. The van der Waals surface area contributed by atoms with Crippen LogP contribution in [0, 0.1) is 5.92 Å². The number of guanidine groups is 1. The van der Waals surface area contributed by atoms with Gasteiger partial charge in [0.1, 0.15) is 5.76 Å². The number of β-amino-alcohol motifs (C(OH)–C–C–N with tert-alkyl or cyclic N) is 1. The summed E-state index contributed by atoms with van der Waals surface area (Å²) in [6.45, 7) is 9.22. The molecule has 1 aromatic heterocycles. The summed E-state index contributed by atoms with van der Waals surface area (Å²) in [7, 11) is 0. The number of hydrogen-bond acceptors (Lipinski definition) is 4. The average molecular weight is 399 g/mol. The quantitative estimate of drug-likeness (QED) is 0.447. The van der Waals surface area contributed by atoms with E-state index in [1.165, 1.54) is 11.1 Å². The molecule has 0 aliphatic carbocycles. The first-order valence-electron chi connectivity index (χ1n) is 10.6. The van der Waals surface area contributed by atoms with Gasteiger partial charge in [0, 0.05) is 39.1 Å². The van der Waals surface area contributed by atoms with Crippen LogP contribution in [0.5, 0.6) is 0 Å². The summed E-state index contributed by atoms with van der Waals surface area (Å²) >= 11 is 0. The van der Waals surface area contributed by atoms with Crippen LogP contribution >= 0.6 is 0 Å². The third kappa shape index (κ3) is 7.22. The van der Waals surface area contributed by atoms with Crippen LogP contribution in [-0.2, 0) is 19.5 Å². The van der Waals surface area contributed by atoms with E-state index in [0.717, 1.165) is 57.3 Å². The molecule has 1 aliphatic heterocycles. The second kappa shape index (κ2) is 11.0. The minimum atomic E-state index is -0.189. The fourth-order valence-corrected chi connectivity index (χ4v) is 3.46. The average Bonchev–Trinajstić information content (AvgIpc) is 3.36. The molecule has 3 rings (SSSR count). The smallest absolute Gasteiger partial charge is 0.191 e. The van der Waals surface area contributed by atoms with Gasteiger partial charge in [-0.2, -0.15) is 0 Å². The minimum absolute atomic E-state index is 0.189. The van der Waals surface area contributed by atoms with Gasteiger partial charge in [-0.3, -0.25) is 4.90 Å². The standard InChI is InChI=1S/C23H34N4O2/c1-18(2)14-25-23(24-11-9-22-8-5-13-29-22)26-15-19-6-3-4-7-20(19)16-27-12-10-21(28)17-27/h3-8,13,18,21,28H,9-12,14-17H2,1-2H3,(H2,24,25,26). The zero-order valence-electron chi connectivity index (χ0n) is 17.6. The monoisotopic (exact) mass is 398 g/mol. The molecule has 1 saturated heterocycles. The Labute approximate surface area is 174 Å². The molecular weight excluding hydrogens is 364 g/mol. The Morgan fingerprint density at radius 3 is 2.72 bits per heavy atom. The summed E-state index contributed by atoms with van der Waals surface area (Å²) in [5.74, 6) is 2.34. The lowest BCUT2D eigenvalue weighted by Gasteiger charge is -2.18. The van der Waals surface area contributed by atoms with Crippen molar-refractivity contribution in [1.82, 2.24) is 15.5 Å². The van der Waals surface area contributed by atoms with Gasteiger partial charge < -0.3 is 20.2 Å². The zero-order chi connectivity index (χ0) is 20.5. The molecule has 29 heavy (non-hydrogen) atoms. The second-order valence-electron chi connectivity index (χ2n) is 8.14. The van der Waals surface area contributed by atoms with Gasteiger partial charge in [-0.05, 0) is 35.6 Å². The highest BCUT2D eigenvalue weighted by Gasteiger charge is 2.20. The number of aliphatic hydroxyl groups is 1. The summed E-state index contributed by atoms with van der Waals surface area (Å²) < 4.78 is 5.41. The Kier molecular flexibility index (Phi) is 8.14. The lowest BCUT2D eigenvalue weighted by Crippen LogP contribution is -2.40. The third-order valence-corrected chi connectivity index (χ3v) is 5.09. The SMILES string of the molecule is CC(C)CNC(=NCc1ccccc1CN1CCC(O)C1)NCCc1ccco1. The van der Waals surface area contributed by atoms with Crippen molar-refractivity contribution in [2.45, 2.75) is 45.9 Å². The summed E-state index contributed by atoms with van der Waals surface area (Å²) in [5, 5.41) is 16.6. The molecule has 1 unspecified atom stereocenters. The fraction of sp³-hybridized carbons (Fsp3) is 0.522. The van der Waals surface area contributed by atoms with E-state index >= 15 is 0 Å². The van der Waals surface area contributed by atoms with Crippen molar-refractivity contribution in [1.29, 1.82) is 0 Å². The number of nitrogens with zero attached hydrogens (tertiary/aromatic N) is 2. The van der Waals surface area contributed by atoms with Crippen LogP contribution in [-0.4, -0.2) is 48.2 Å². The molecule has 0 spiro atoms. The van der Waals surface area contributed by atoms with Crippen LogP contribution in [0.3, 0.4) is 0 Å². The van der Waals surface area contributed by atoms with E-state index in [4.69, 9.17) is 9.41 Å². The molecule has 0 amide bonds. The van der Waals surface area contributed by atoms with E-state index in [1.54, 1.807) is 6.26 Å². The van der Waals surface area contributed by atoms with Crippen molar-refractivity contribution in [3.8, 4) is 0 Å². The molecule has 158 valence electrons. The zero-order valence-corrected chi connectivity index (χ0v) is 17.6. The second-order valence-corrected chi connectivity index (χ2v) is 8.14. The Hall–Kier alpha value is -2.31. The maximum absolute atomic E-state index is 9.79. The van der Waals surface area contributed by atoms with E-state index in [0.29, 0.717) is 12.5 Å². The van der Waals surface area contributed by atoms with Crippen LogP contribution in [0.2, 0.25) is 0 Å². The maximum atomic E-state index is 9.79. The first kappa shape index (κ1) is 21.4. The lowest BCUT2D eigenvalue weighted by atomic mass is 10.1. The number of aliphatic imine (C=N–C) groups is 1. The Bertz CT molecular complexity index is 758. The molecular formula is C23H34N4O2. The number of rotatable bonds is 9. The Balaban J connectivity index is 1.60. The van der Waals surface area contributed by atoms with Crippen molar-refractivity contribution < 1.29 is 9.52 Å². The molecule has 0 saturated carbocycles. The highest BCUT2D eigenvalue weighted by molar-refractivity contribution is 5.79. The van der Waals surface area contributed by atoms with Crippen LogP contribution in [0.15, 0.2) is 52.1 Å². The van der Waals surface area contributed by atoms with Gasteiger partial charge in [-0.25, -0.2) is 4.99 Å². The molecule has 3 N–H and O–H groups in total. The molecule has 1 atom stereocenters. The molecule has 1 aliphatic rings. The van der Waals surface area contributed by atoms with Gasteiger partial charge >= 0.3 is 0 Å². The predicted octanol–water partition coefficient (Wildman–Crippen LogP) is 2.78. The van der Waals surface area contributed by atoms with Crippen molar-refractivity contribution in [2.24, 2.45) is 10.9 Å². The van der Waals surface area contributed by atoms with Crippen molar-refractivity contribution >= 4 is 5.96 Å². The van der Waals surface area contributed by atoms with Crippen LogP contribution in [0.1, 0.15) is 37.2 Å². The summed E-state index contributed by atoms with van der Waals surface area (Å²) in [6.07, 6.45) is 3.20. The number of hydrogen-bond donors (Lipinski definition) is 3. The summed E-state index contributed by atoms with van der Waals surface area (Å²) in [4.78, 5) is 7.14. The van der Waals surface area contributed by atoms with E-state index in [-0.39, 0.29) is 6.10 Å². The van der Waals surface area contributed by atoms with Gasteiger partial charge in [-0.15, -0.1) is 0 Å². The normalized spacial score (nSPS) is 17.8. The van der Waals surface area contributed by atoms with Gasteiger partial charge in [0.2, 0.25) is 0 Å². The first-order valence-corrected chi connectivity index (χ1v) is 10.6. The van der Waals surface area contributed by atoms with Crippen molar-refractivity contribution in [2.75, 3.05) is 26.2 Å². The molecule has 2 heterocycles. The number of benzene rings is 1. The minimum Gasteiger partial charge on any atom is -0.469 e. The molecule has 0 bridgehead atoms. The Morgan fingerprint density at radius 2 is 2.03 bits per heavy atom. The van der Waals surface area contributed by atoms with E-state index < -0.39 is 0 Å². The van der Waals surface area contributed by atoms with Crippen molar-refractivity contribution in [3.05, 3.63) is 59.5 Å². The highest BCUT2D eigenvalue weighted by atomic mass is 16.3. The number of aliphatic hydroxyl groups excluding tert-OH is 1. The molecule has 0 radical (unpaired) electrons. The molecule has 6 nitrogen and oxygen atoms in total. The molecule has 1 aromatic carbocycles. The first-order chi connectivity index (χ1) is 14.1. The number of nitrogens with one attached hydrogen (secondary N) is 2. The highest BCUT2D eigenvalue weighted by Crippen LogP contribution is 2.17. The predicted molar refractivity (Wildman–Crippen MR) is 117 cm³/mol.